The maximum atomic E-state index is 12.3. The van der Waals surface area contributed by atoms with Crippen LogP contribution in [0.5, 0.6) is 0 Å². The van der Waals surface area contributed by atoms with E-state index in [1.165, 1.54) is 13.8 Å². The normalized spacial score (nSPS) is 24.6. The molecule has 1 amide bonds. The molecule has 4 rings (SSSR count). The average molecular weight is 527 g/mol. The molecule has 2 aromatic carbocycles. The van der Waals surface area contributed by atoms with Crippen LogP contribution >= 0.6 is 0 Å². The summed E-state index contributed by atoms with van der Waals surface area (Å²) in [6, 6.07) is 15.5. The van der Waals surface area contributed by atoms with Crippen molar-refractivity contribution in [1.29, 1.82) is 0 Å². The number of nitrogens with zero attached hydrogens (tertiary/aromatic N) is 1. The lowest BCUT2D eigenvalue weighted by Gasteiger charge is -2.38. The molecule has 206 valence electrons. The first-order valence-corrected chi connectivity index (χ1v) is 13.2. The Hall–Kier alpha value is -2.82. The minimum absolute atomic E-state index is 0.00143. The number of benzene rings is 2. The second kappa shape index (κ2) is 13.3. The molecule has 9 nitrogen and oxygen atoms in total. The Balaban J connectivity index is 1.48. The van der Waals surface area contributed by atoms with Gasteiger partial charge in [-0.15, -0.1) is 0 Å². The molecule has 2 saturated heterocycles. The number of ether oxygens (including phenoxy) is 4. The number of hydrogen-bond donors (Lipinski definition) is 2. The van der Waals surface area contributed by atoms with Crippen molar-refractivity contribution in [2.45, 2.75) is 70.4 Å². The molecule has 2 aromatic rings. The summed E-state index contributed by atoms with van der Waals surface area (Å²) in [5.41, 5.74) is 3.32. The number of nitrogens with one attached hydrogen (secondary N) is 1. The van der Waals surface area contributed by atoms with Crippen LogP contribution < -0.4 is 5.32 Å². The van der Waals surface area contributed by atoms with Crippen LogP contribution in [0.4, 0.5) is 5.69 Å². The maximum absolute atomic E-state index is 12.3. The van der Waals surface area contributed by atoms with Crippen LogP contribution in [0, 0.1) is 0 Å². The SMILES string of the molecule is COCC1CCCN1CC1CC(c2ccc(CO)cc2)OC(c2ccc(NC(=O)C(C)OC(C)=O)cc2)O1. The number of esters is 1. The van der Waals surface area contributed by atoms with Crippen molar-refractivity contribution < 1.29 is 33.6 Å². The summed E-state index contributed by atoms with van der Waals surface area (Å²) >= 11 is 0. The van der Waals surface area contributed by atoms with E-state index in [4.69, 9.17) is 18.9 Å². The molecule has 38 heavy (non-hydrogen) atoms. The summed E-state index contributed by atoms with van der Waals surface area (Å²) in [5, 5.41) is 12.2. The van der Waals surface area contributed by atoms with E-state index < -0.39 is 24.3 Å². The number of amides is 1. The quantitative estimate of drug-likeness (QED) is 0.451. The van der Waals surface area contributed by atoms with E-state index in [1.54, 1.807) is 19.2 Å². The first-order chi connectivity index (χ1) is 18.4. The second-order valence-corrected chi connectivity index (χ2v) is 9.96. The smallest absolute Gasteiger partial charge is 0.303 e. The number of carbonyl (C=O) groups is 2. The van der Waals surface area contributed by atoms with E-state index in [0.717, 1.165) is 42.6 Å². The molecule has 2 N–H and O–H groups in total. The predicted molar refractivity (Wildman–Crippen MR) is 141 cm³/mol. The summed E-state index contributed by atoms with van der Waals surface area (Å²) in [5.74, 6) is -0.909. The Morgan fingerprint density at radius 1 is 1.11 bits per heavy atom. The molecular formula is C29H38N2O7. The fourth-order valence-electron chi connectivity index (χ4n) is 5.08. The monoisotopic (exact) mass is 526 g/mol. The van der Waals surface area contributed by atoms with Crippen molar-refractivity contribution in [3.8, 4) is 0 Å². The topological polar surface area (TPSA) is 107 Å². The van der Waals surface area contributed by atoms with E-state index in [0.29, 0.717) is 24.8 Å². The average Bonchev–Trinajstić information content (AvgIpc) is 3.35. The zero-order valence-corrected chi connectivity index (χ0v) is 22.3. The van der Waals surface area contributed by atoms with Crippen LogP contribution in [0.25, 0.3) is 0 Å². The van der Waals surface area contributed by atoms with Gasteiger partial charge in [-0.25, -0.2) is 0 Å². The lowest BCUT2D eigenvalue weighted by Crippen LogP contribution is -2.42. The third-order valence-corrected chi connectivity index (χ3v) is 7.07. The molecule has 5 unspecified atom stereocenters. The Kier molecular flexibility index (Phi) is 9.87. The third-order valence-electron chi connectivity index (χ3n) is 7.07. The van der Waals surface area contributed by atoms with Gasteiger partial charge in [-0.1, -0.05) is 36.4 Å². The Labute approximate surface area is 224 Å². The highest BCUT2D eigenvalue weighted by Crippen LogP contribution is 2.39. The maximum Gasteiger partial charge on any atom is 0.303 e. The molecule has 2 fully saturated rings. The molecule has 2 aliphatic heterocycles. The summed E-state index contributed by atoms with van der Waals surface area (Å²) in [4.78, 5) is 25.9. The van der Waals surface area contributed by atoms with Crippen LogP contribution in [-0.2, 0) is 35.1 Å². The molecular weight excluding hydrogens is 488 g/mol. The number of aliphatic hydroxyl groups is 1. The zero-order chi connectivity index (χ0) is 27.1. The predicted octanol–water partition coefficient (Wildman–Crippen LogP) is 3.73. The van der Waals surface area contributed by atoms with Crippen LogP contribution in [0.2, 0.25) is 0 Å². The molecule has 0 bridgehead atoms. The number of likely N-dealkylation sites (tertiary alicyclic amines) is 1. The number of carbonyl (C=O) groups excluding carboxylic acids is 2. The minimum Gasteiger partial charge on any atom is -0.453 e. The standard InChI is InChI=1S/C29H38N2O7/c1-19(36-20(2)33)28(34)30-24-12-10-23(11-13-24)29-37-26(16-31-14-4-5-25(31)18-35-3)15-27(38-29)22-8-6-21(17-32)7-9-22/h6-13,19,25-27,29,32H,4-5,14-18H2,1-3H3,(H,30,34). The van der Waals surface area contributed by atoms with E-state index in [9.17, 15) is 14.7 Å². The van der Waals surface area contributed by atoms with E-state index in [2.05, 4.69) is 10.2 Å². The number of methoxy groups -OCH3 is 1. The van der Waals surface area contributed by atoms with Gasteiger partial charge >= 0.3 is 5.97 Å². The number of aliphatic hydroxyl groups excluding tert-OH is 1. The minimum atomic E-state index is -0.886. The van der Waals surface area contributed by atoms with Crippen LogP contribution in [0.1, 0.15) is 62.2 Å². The van der Waals surface area contributed by atoms with Crippen molar-refractivity contribution in [1.82, 2.24) is 4.90 Å². The Morgan fingerprint density at radius 2 is 1.82 bits per heavy atom. The summed E-state index contributed by atoms with van der Waals surface area (Å²) < 4.78 is 23.3. The van der Waals surface area contributed by atoms with Crippen molar-refractivity contribution in [3.05, 3.63) is 65.2 Å². The fourth-order valence-corrected chi connectivity index (χ4v) is 5.08. The van der Waals surface area contributed by atoms with Gasteiger partial charge in [0.05, 0.1) is 25.4 Å². The van der Waals surface area contributed by atoms with Crippen LogP contribution in [-0.4, -0.2) is 66.9 Å². The highest BCUT2D eigenvalue weighted by Gasteiger charge is 2.35. The van der Waals surface area contributed by atoms with E-state index in [-0.39, 0.29) is 18.8 Å². The van der Waals surface area contributed by atoms with Gasteiger partial charge in [0.2, 0.25) is 0 Å². The van der Waals surface area contributed by atoms with Crippen molar-refractivity contribution in [2.24, 2.45) is 0 Å². The second-order valence-electron chi connectivity index (χ2n) is 9.96. The molecule has 0 aliphatic carbocycles. The molecule has 0 spiro atoms. The van der Waals surface area contributed by atoms with Gasteiger partial charge in [-0.05, 0) is 49.6 Å². The molecule has 0 radical (unpaired) electrons. The van der Waals surface area contributed by atoms with E-state index in [1.807, 2.05) is 36.4 Å². The number of anilines is 1. The lowest BCUT2D eigenvalue weighted by molar-refractivity contribution is -0.253. The molecule has 2 heterocycles. The first kappa shape index (κ1) is 28.2. The van der Waals surface area contributed by atoms with Gasteiger partial charge in [0.25, 0.3) is 5.91 Å². The van der Waals surface area contributed by atoms with Gasteiger partial charge in [0.15, 0.2) is 12.4 Å². The first-order valence-electron chi connectivity index (χ1n) is 13.2. The molecule has 0 saturated carbocycles. The van der Waals surface area contributed by atoms with E-state index >= 15 is 0 Å². The molecule has 9 heteroatoms. The van der Waals surface area contributed by atoms with Crippen molar-refractivity contribution >= 4 is 17.6 Å². The summed E-state index contributed by atoms with van der Waals surface area (Å²) in [6.45, 7) is 5.32. The molecule has 0 aromatic heterocycles. The highest BCUT2D eigenvalue weighted by molar-refractivity contribution is 5.94. The van der Waals surface area contributed by atoms with Crippen LogP contribution in [0.15, 0.2) is 48.5 Å². The highest BCUT2D eigenvalue weighted by atomic mass is 16.7. The number of hydrogen-bond acceptors (Lipinski definition) is 8. The molecule has 2 aliphatic rings. The summed E-state index contributed by atoms with van der Waals surface area (Å²) in [6.07, 6.45) is 1.31. The van der Waals surface area contributed by atoms with Crippen LogP contribution in [0.3, 0.4) is 0 Å². The lowest BCUT2D eigenvalue weighted by atomic mass is 9.99. The zero-order valence-electron chi connectivity index (χ0n) is 22.3. The van der Waals surface area contributed by atoms with Crippen molar-refractivity contribution in [3.63, 3.8) is 0 Å². The summed E-state index contributed by atoms with van der Waals surface area (Å²) in [7, 11) is 1.74. The largest absolute Gasteiger partial charge is 0.453 e. The van der Waals surface area contributed by atoms with Crippen molar-refractivity contribution in [2.75, 3.05) is 32.1 Å². The van der Waals surface area contributed by atoms with Gasteiger partial charge in [0.1, 0.15) is 0 Å². The Morgan fingerprint density at radius 3 is 2.47 bits per heavy atom. The number of rotatable bonds is 10. The van der Waals surface area contributed by atoms with Gasteiger partial charge in [-0.3, -0.25) is 14.5 Å². The Bertz CT molecular complexity index is 1060. The van der Waals surface area contributed by atoms with Gasteiger partial charge < -0.3 is 29.4 Å². The van der Waals surface area contributed by atoms with Gasteiger partial charge in [-0.2, -0.15) is 0 Å². The fraction of sp³-hybridized carbons (Fsp3) is 0.517. The van der Waals surface area contributed by atoms with Gasteiger partial charge in [0, 0.05) is 44.3 Å². The molecule has 5 atom stereocenters. The third kappa shape index (κ3) is 7.39.